The summed E-state index contributed by atoms with van der Waals surface area (Å²) >= 11 is 3.39. The first-order chi connectivity index (χ1) is 13.5. The second-order valence-electron chi connectivity index (χ2n) is 6.62. The number of nitrogens with zero attached hydrogens (tertiary/aromatic N) is 4. The first-order valence-corrected chi connectivity index (χ1v) is 10.5. The van der Waals surface area contributed by atoms with Gasteiger partial charge in [-0.3, -0.25) is 18.7 Å². The Morgan fingerprint density at radius 3 is 2.39 bits per heavy atom. The molecule has 0 bridgehead atoms. The normalized spacial score (nSPS) is 11.2. The Kier molecular flexibility index (Phi) is 6.28. The van der Waals surface area contributed by atoms with Gasteiger partial charge in [-0.05, 0) is 12.0 Å². The number of Topliss-reactive ketones (excluding diaryl/α,β-unsaturated/α-hetero) is 1. The molecular formula is C20H23BrN4O3. The average molecular weight is 447 g/mol. The van der Waals surface area contributed by atoms with Crippen LogP contribution in [0.3, 0.4) is 0 Å². The van der Waals surface area contributed by atoms with E-state index in [1.54, 1.807) is 11.5 Å². The average Bonchev–Trinajstić information content (AvgIpc) is 3.07. The van der Waals surface area contributed by atoms with Crippen LogP contribution in [0.15, 0.2) is 39.9 Å². The Bertz CT molecular complexity index is 1110. The van der Waals surface area contributed by atoms with Gasteiger partial charge in [-0.15, -0.1) is 0 Å². The molecule has 148 valence electrons. The molecule has 7 nitrogen and oxygen atoms in total. The number of hydrogen-bond acceptors (Lipinski definition) is 4. The highest BCUT2D eigenvalue weighted by atomic mass is 79.9. The molecule has 0 saturated heterocycles. The predicted molar refractivity (Wildman–Crippen MR) is 112 cm³/mol. The van der Waals surface area contributed by atoms with Gasteiger partial charge < -0.3 is 4.57 Å². The number of halogens is 1. The molecule has 0 spiro atoms. The fraction of sp³-hybridized carbons (Fsp3) is 0.400. The third kappa shape index (κ3) is 3.73. The van der Waals surface area contributed by atoms with E-state index >= 15 is 0 Å². The molecule has 28 heavy (non-hydrogen) atoms. The summed E-state index contributed by atoms with van der Waals surface area (Å²) in [6.45, 7) is 4.40. The van der Waals surface area contributed by atoms with Gasteiger partial charge in [-0.1, -0.05) is 60.1 Å². The van der Waals surface area contributed by atoms with Crippen molar-refractivity contribution in [3.8, 4) is 0 Å². The lowest BCUT2D eigenvalue weighted by atomic mass is 10.2. The smallest absolute Gasteiger partial charge is 0.314 e. The maximum Gasteiger partial charge on any atom is 0.333 e. The number of aromatic nitrogens is 4. The minimum Gasteiger partial charge on any atom is -0.314 e. The number of imidazole rings is 1. The van der Waals surface area contributed by atoms with Crippen LogP contribution < -0.4 is 11.2 Å². The number of rotatable bonds is 8. The van der Waals surface area contributed by atoms with Crippen molar-refractivity contribution in [2.45, 2.75) is 51.7 Å². The number of hydrogen-bond donors (Lipinski definition) is 0. The van der Waals surface area contributed by atoms with E-state index in [1.807, 2.05) is 37.3 Å². The van der Waals surface area contributed by atoms with Crippen LogP contribution in [0.2, 0.25) is 0 Å². The van der Waals surface area contributed by atoms with Crippen LogP contribution >= 0.6 is 15.9 Å². The fourth-order valence-corrected chi connectivity index (χ4v) is 3.65. The lowest BCUT2D eigenvalue weighted by molar-refractivity contribution is -0.119. The highest BCUT2D eigenvalue weighted by molar-refractivity contribution is 9.08. The topological polar surface area (TPSA) is 78.9 Å². The van der Waals surface area contributed by atoms with Crippen LogP contribution in [0.4, 0.5) is 0 Å². The van der Waals surface area contributed by atoms with Crippen molar-refractivity contribution in [3.63, 3.8) is 0 Å². The first-order valence-electron chi connectivity index (χ1n) is 9.36. The van der Waals surface area contributed by atoms with Gasteiger partial charge in [0.15, 0.2) is 16.9 Å². The number of carbonyl (C=O) groups is 1. The van der Waals surface area contributed by atoms with Gasteiger partial charge in [-0.25, -0.2) is 9.78 Å². The van der Waals surface area contributed by atoms with Gasteiger partial charge in [0.2, 0.25) is 0 Å². The van der Waals surface area contributed by atoms with E-state index in [4.69, 9.17) is 0 Å². The van der Waals surface area contributed by atoms with Gasteiger partial charge in [-0.2, -0.15) is 0 Å². The van der Waals surface area contributed by atoms with Gasteiger partial charge in [0.1, 0.15) is 5.82 Å². The van der Waals surface area contributed by atoms with E-state index in [2.05, 4.69) is 20.9 Å². The SMILES string of the molecule is CCCn1c(=O)c2c(nc(CBr)n2CC(=O)CC)n(Cc2ccccc2)c1=O. The van der Waals surface area contributed by atoms with Crippen LogP contribution in [0, 0.1) is 0 Å². The quantitative estimate of drug-likeness (QED) is 0.498. The molecular weight excluding hydrogens is 424 g/mol. The van der Waals surface area contributed by atoms with E-state index < -0.39 is 5.56 Å². The van der Waals surface area contributed by atoms with Gasteiger partial charge in [0.05, 0.1) is 18.4 Å². The van der Waals surface area contributed by atoms with Crippen LogP contribution in [0.5, 0.6) is 0 Å². The zero-order chi connectivity index (χ0) is 20.3. The number of benzene rings is 1. The molecule has 0 aliphatic rings. The highest BCUT2D eigenvalue weighted by Crippen LogP contribution is 2.16. The lowest BCUT2D eigenvalue weighted by Crippen LogP contribution is -2.41. The Morgan fingerprint density at radius 1 is 1.07 bits per heavy atom. The van der Waals surface area contributed by atoms with Gasteiger partial charge in [0.25, 0.3) is 5.56 Å². The summed E-state index contributed by atoms with van der Waals surface area (Å²) in [5.74, 6) is 0.563. The third-order valence-corrected chi connectivity index (χ3v) is 5.17. The molecule has 3 rings (SSSR count). The van der Waals surface area contributed by atoms with Crippen molar-refractivity contribution in [1.29, 1.82) is 0 Å². The predicted octanol–water partition coefficient (Wildman–Crippen LogP) is 2.69. The second-order valence-corrected chi connectivity index (χ2v) is 7.18. The molecule has 0 N–H and O–H groups in total. The third-order valence-electron chi connectivity index (χ3n) is 4.67. The molecule has 0 radical (unpaired) electrons. The van der Waals surface area contributed by atoms with E-state index in [-0.39, 0.29) is 18.0 Å². The molecule has 1 aromatic carbocycles. The number of fused-ring (bicyclic) bond motifs is 1. The van der Waals surface area contributed by atoms with Crippen molar-refractivity contribution in [2.75, 3.05) is 0 Å². The largest absolute Gasteiger partial charge is 0.333 e. The summed E-state index contributed by atoms with van der Waals surface area (Å²) in [5, 5.41) is 0.380. The van der Waals surface area contributed by atoms with Gasteiger partial charge in [0, 0.05) is 13.0 Å². The number of carbonyl (C=O) groups excluding carboxylic acids is 1. The summed E-state index contributed by atoms with van der Waals surface area (Å²) < 4.78 is 4.42. The van der Waals surface area contributed by atoms with E-state index in [9.17, 15) is 14.4 Å². The van der Waals surface area contributed by atoms with Crippen molar-refractivity contribution in [2.24, 2.45) is 0 Å². The van der Waals surface area contributed by atoms with Crippen molar-refractivity contribution >= 4 is 32.9 Å². The summed E-state index contributed by atoms with van der Waals surface area (Å²) in [7, 11) is 0. The monoisotopic (exact) mass is 446 g/mol. The molecule has 8 heteroatoms. The van der Waals surface area contributed by atoms with Crippen LogP contribution in [-0.2, 0) is 29.8 Å². The molecule has 2 aromatic heterocycles. The standard InChI is InChI=1S/C20H23BrN4O3/c1-3-10-23-19(27)17-18(22-16(11-21)24(17)13-15(26)4-2)25(20(23)28)12-14-8-6-5-7-9-14/h5-9H,3-4,10-13H2,1-2H3. The minimum absolute atomic E-state index is 0.00347. The summed E-state index contributed by atoms with van der Waals surface area (Å²) in [4.78, 5) is 42.9. The maximum absolute atomic E-state index is 13.1. The zero-order valence-electron chi connectivity index (χ0n) is 16.0. The molecule has 0 saturated carbocycles. The van der Waals surface area contributed by atoms with E-state index in [0.717, 1.165) is 5.56 Å². The first kappa shape index (κ1) is 20.3. The summed E-state index contributed by atoms with van der Waals surface area (Å²) in [6.07, 6.45) is 1.02. The number of alkyl halides is 1. The van der Waals surface area contributed by atoms with Crippen LogP contribution in [0.1, 0.15) is 38.1 Å². The second kappa shape index (κ2) is 8.68. The lowest BCUT2D eigenvalue weighted by Gasteiger charge is -2.12. The maximum atomic E-state index is 13.1. The summed E-state index contributed by atoms with van der Waals surface area (Å²) in [5.41, 5.74) is 0.794. The molecule has 0 aliphatic carbocycles. The Balaban J connectivity index is 2.33. The molecule has 0 amide bonds. The Hall–Kier alpha value is -2.48. The van der Waals surface area contributed by atoms with Crippen molar-refractivity contribution in [1.82, 2.24) is 18.7 Å². The Morgan fingerprint density at radius 2 is 1.79 bits per heavy atom. The molecule has 0 unspecified atom stereocenters. The van der Waals surface area contributed by atoms with Crippen LogP contribution in [0.25, 0.3) is 11.2 Å². The Labute approximate surface area is 170 Å². The van der Waals surface area contributed by atoms with Crippen molar-refractivity contribution < 1.29 is 4.79 Å². The molecule has 0 fully saturated rings. The summed E-state index contributed by atoms with van der Waals surface area (Å²) in [6, 6.07) is 9.57. The molecule has 2 heterocycles. The van der Waals surface area contributed by atoms with Gasteiger partial charge >= 0.3 is 5.69 Å². The molecule has 0 aliphatic heterocycles. The fourth-order valence-electron chi connectivity index (χ4n) is 3.23. The highest BCUT2D eigenvalue weighted by Gasteiger charge is 2.22. The molecule has 3 aromatic rings. The van der Waals surface area contributed by atoms with Crippen LogP contribution in [-0.4, -0.2) is 24.5 Å². The minimum atomic E-state index is -0.394. The van der Waals surface area contributed by atoms with E-state index in [0.29, 0.717) is 48.2 Å². The zero-order valence-corrected chi connectivity index (χ0v) is 17.6. The number of ketones is 1. The molecule has 0 atom stereocenters. The van der Waals surface area contributed by atoms with E-state index in [1.165, 1.54) is 9.13 Å². The van der Waals surface area contributed by atoms with Crippen molar-refractivity contribution in [3.05, 3.63) is 62.6 Å².